The van der Waals surface area contributed by atoms with E-state index in [1.165, 1.54) is 13.0 Å². The van der Waals surface area contributed by atoms with Gasteiger partial charge in [-0.25, -0.2) is 8.42 Å². The Labute approximate surface area is 211 Å². The molecule has 0 unspecified atom stereocenters. The molecule has 8 nitrogen and oxygen atoms in total. The lowest BCUT2D eigenvalue weighted by atomic mass is 10.1. The minimum atomic E-state index is -4.01. The Balaban J connectivity index is 1.53. The molecule has 3 aromatic carbocycles. The van der Waals surface area contributed by atoms with Crippen LogP contribution >= 0.6 is 0 Å². The molecule has 2 amide bonds. The summed E-state index contributed by atoms with van der Waals surface area (Å²) in [5.74, 6) is 0.196. The van der Waals surface area contributed by atoms with E-state index < -0.39 is 22.0 Å². The number of carbonyl (C=O) groups excluding carboxylic acids is 2. The molecule has 36 heavy (non-hydrogen) atoms. The van der Waals surface area contributed by atoms with Crippen molar-refractivity contribution in [3.05, 3.63) is 89.5 Å². The molecule has 1 aliphatic heterocycles. The van der Waals surface area contributed by atoms with Gasteiger partial charge in [0, 0.05) is 25.7 Å². The molecule has 1 aliphatic rings. The standard InChI is InChI=1S/C27H29N3O5S/c1-19(31)30-15-14-22-17-24(12-13-26(22)30)36(33,34)29-25(16-20-6-4-3-5-7-20)27(32)28-18-21-8-10-23(35-2)11-9-21/h3-13,17,25,29H,14-16,18H2,1-2H3,(H,28,32)/t25-/m1/s1. The van der Waals surface area contributed by atoms with E-state index in [1.54, 1.807) is 36.3 Å². The monoisotopic (exact) mass is 507 g/mol. The van der Waals surface area contributed by atoms with E-state index in [0.29, 0.717) is 18.7 Å². The zero-order chi connectivity index (χ0) is 25.7. The van der Waals surface area contributed by atoms with Gasteiger partial charge in [0.25, 0.3) is 0 Å². The Bertz CT molecular complexity index is 1340. The van der Waals surface area contributed by atoms with Crippen molar-refractivity contribution in [3.8, 4) is 5.75 Å². The van der Waals surface area contributed by atoms with Crippen molar-refractivity contribution in [1.29, 1.82) is 0 Å². The lowest BCUT2D eigenvalue weighted by molar-refractivity contribution is -0.123. The van der Waals surface area contributed by atoms with Crippen LogP contribution in [0.25, 0.3) is 0 Å². The summed E-state index contributed by atoms with van der Waals surface area (Å²) in [6.45, 7) is 2.25. The number of nitrogens with zero attached hydrogens (tertiary/aromatic N) is 1. The summed E-state index contributed by atoms with van der Waals surface area (Å²) in [6, 6.07) is 20.2. The van der Waals surface area contributed by atoms with Crippen LogP contribution in [0, 0.1) is 0 Å². The SMILES string of the molecule is COc1ccc(CNC(=O)[C@@H](Cc2ccccc2)NS(=O)(=O)c2ccc3c(c2)CCN3C(C)=O)cc1. The van der Waals surface area contributed by atoms with Gasteiger partial charge in [-0.1, -0.05) is 42.5 Å². The fourth-order valence-corrected chi connectivity index (χ4v) is 5.47. The van der Waals surface area contributed by atoms with Gasteiger partial charge < -0.3 is 15.0 Å². The first-order valence-electron chi connectivity index (χ1n) is 11.6. The number of anilines is 1. The molecular formula is C27H29N3O5S. The molecular weight excluding hydrogens is 478 g/mol. The van der Waals surface area contributed by atoms with Crippen molar-refractivity contribution in [2.75, 3.05) is 18.6 Å². The summed E-state index contributed by atoms with van der Waals surface area (Å²) in [6.07, 6.45) is 0.769. The molecule has 2 N–H and O–H groups in total. The highest BCUT2D eigenvalue weighted by molar-refractivity contribution is 7.89. The van der Waals surface area contributed by atoms with E-state index in [4.69, 9.17) is 4.74 Å². The second-order valence-corrected chi connectivity index (χ2v) is 10.4. The Morgan fingerprint density at radius 3 is 2.39 bits per heavy atom. The average molecular weight is 508 g/mol. The molecule has 0 aliphatic carbocycles. The normalized spacial score (nSPS) is 13.7. The number of methoxy groups -OCH3 is 1. The quantitative estimate of drug-likeness (QED) is 0.464. The number of nitrogens with one attached hydrogen (secondary N) is 2. The third-order valence-corrected chi connectivity index (χ3v) is 7.63. The zero-order valence-corrected chi connectivity index (χ0v) is 21.0. The van der Waals surface area contributed by atoms with Crippen LogP contribution in [-0.4, -0.2) is 39.9 Å². The Morgan fingerprint density at radius 1 is 1.00 bits per heavy atom. The zero-order valence-electron chi connectivity index (χ0n) is 20.2. The predicted octanol–water partition coefficient (Wildman–Crippen LogP) is 2.81. The van der Waals surface area contributed by atoms with E-state index in [0.717, 1.165) is 22.4 Å². The van der Waals surface area contributed by atoms with E-state index in [1.807, 2.05) is 42.5 Å². The number of sulfonamides is 1. The molecule has 0 radical (unpaired) electrons. The predicted molar refractivity (Wildman–Crippen MR) is 137 cm³/mol. The first-order valence-corrected chi connectivity index (χ1v) is 13.1. The van der Waals surface area contributed by atoms with Crippen molar-refractivity contribution in [3.63, 3.8) is 0 Å². The molecule has 0 bridgehead atoms. The molecule has 1 atom stereocenters. The number of hydrogen-bond donors (Lipinski definition) is 2. The summed E-state index contributed by atoms with van der Waals surface area (Å²) in [5.41, 5.74) is 3.20. The van der Waals surface area contributed by atoms with E-state index in [2.05, 4.69) is 10.0 Å². The maximum atomic E-state index is 13.3. The average Bonchev–Trinajstić information content (AvgIpc) is 3.31. The van der Waals surface area contributed by atoms with Crippen LogP contribution < -0.4 is 19.7 Å². The van der Waals surface area contributed by atoms with Crippen molar-refractivity contribution in [2.45, 2.75) is 37.2 Å². The third kappa shape index (κ3) is 5.92. The molecule has 1 heterocycles. The highest BCUT2D eigenvalue weighted by atomic mass is 32.2. The third-order valence-electron chi connectivity index (χ3n) is 6.16. The van der Waals surface area contributed by atoms with Gasteiger partial charge in [-0.2, -0.15) is 4.72 Å². The number of fused-ring (bicyclic) bond motifs is 1. The molecule has 4 rings (SSSR count). The van der Waals surface area contributed by atoms with Crippen LogP contribution in [0.15, 0.2) is 77.7 Å². The largest absolute Gasteiger partial charge is 0.497 e. The molecule has 3 aromatic rings. The number of hydrogen-bond acceptors (Lipinski definition) is 5. The van der Waals surface area contributed by atoms with Gasteiger partial charge in [0.2, 0.25) is 21.8 Å². The first-order chi connectivity index (χ1) is 17.3. The van der Waals surface area contributed by atoms with Crippen LogP contribution in [0.1, 0.15) is 23.6 Å². The molecule has 0 fully saturated rings. The fourth-order valence-electron chi connectivity index (χ4n) is 4.22. The Morgan fingerprint density at radius 2 is 1.72 bits per heavy atom. The number of ether oxygens (including phenoxy) is 1. The lowest BCUT2D eigenvalue weighted by Gasteiger charge is -2.20. The summed E-state index contributed by atoms with van der Waals surface area (Å²) >= 11 is 0. The van der Waals surface area contributed by atoms with Gasteiger partial charge >= 0.3 is 0 Å². The van der Waals surface area contributed by atoms with Crippen molar-refractivity contribution >= 4 is 27.5 Å². The number of amides is 2. The molecule has 0 aromatic heterocycles. The van der Waals surface area contributed by atoms with Crippen molar-refractivity contribution < 1.29 is 22.7 Å². The van der Waals surface area contributed by atoms with Crippen molar-refractivity contribution in [2.24, 2.45) is 0 Å². The summed E-state index contributed by atoms with van der Waals surface area (Å²) in [7, 11) is -2.43. The van der Waals surface area contributed by atoms with Gasteiger partial charge in [-0.05, 0) is 59.9 Å². The summed E-state index contributed by atoms with van der Waals surface area (Å²) < 4.78 is 34.4. The van der Waals surface area contributed by atoms with E-state index >= 15 is 0 Å². The number of carbonyl (C=O) groups is 2. The van der Waals surface area contributed by atoms with Crippen LogP contribution in [0.4, 0.5) is 5.69 Å². The molecule has 188 valence electrons. The maximum Gasteiger partial charge on any atom is 0.241 e. The molecule has 0 saturated carbocycles. The number of benzene rings is 3. The Kier molecular flexibility index (Phi) is 7.71. The minimum absolute atomic E-state index is 0.0627. The smallest absolute Gasteiger partial charge is 0.241 e. The minimum Gasteiger partial charge on any atom is -0.497 e. The second-order valence-electron chi connectivity index (χ2n) is 8.64. The van der Waals surface area contributed by atoms with Crippen LogP contribution in [-0.2, 0) is 39.0 Å². The van der Waals surface area contributed by atoms with Gasteiger partial charge in [0.1, 0.15) is 11.8 Å². The molecule has 0 saturated heterocycles. The first kappa shape index (κ1) is 25.4. The van der Waals surface area contributed by atoms with Gasteiger partial charge in [0.05, 0.1) is 12.0 Å². The van der Waals surface area contributed by atoms with Gasteiger partial charge in [-0.15, -0.1) is 0 Å². The Hall–Kier alpha value is -3.69. The highest BCUT2D eigenvalue weighted by Gasteiger charge is 2.28. The van der Waals surface area contributed by atoms with Crippen molar-refractivity contribution in [1.82, 2.24) is 10.0 Å². The van der Waals surface area contributed by atoms with E-state index in [-0.39, 0.29) is 23.8 Å². The summed E-state index contributed by atoms with van der Waals surface area (Å²) in [4.78, 5) is 26.7. The maximum absolute atomic E-state index is 13.3. The van der Waals surface area contributed by atoms with Gasteiger partial charge in [0.15, 0.2) is 0 Å². The van der Waals surface area contributed by atoms with Crippen LogP contribution in [0.2, 0.25) is 0 Å². The second kappa shape index (κ2) is 10.9. The summed E-state index contributed by atoms with van der Waals surface area (Å²) in [5, 5.41) is 2.84. The lowest BCUT2D eigenvalue weighted by Crippen LogP contribution is -2.47. The van der Waals surface area contributed by atoms with Gasteiger partial charge in [-0.3, -0.25) is 9.59 Å². The van der Waals surface area contributed by atoms with Crippen LogP contribution in [0.3, 0.4) is 0 Å². The fraction of sp³-hybridized carbons (Fsp3) is 0.259. The highest BCUT2D eigenvalue weighted by Crippen LogP contribution is 2.30. The van der Waals surface area contributed by atoms with E-state index in [9.17, 15) is 18.0 Å². The topological polar surface area (TPSA) is 105 Å². The number of rotatable bonds is 9. The molecule has 9 heteroatoms. The van der Waals surface area contributed by atoms with Crippen LogP contribution in [0.5, 0.6) is 5.75 Å². The molecule has 0 spiro atoms.